The van der Waals surface area contributed by atoms with Crippen LogP contribution in [0.2, 0.25) is 0 Å². The molecule has 0 aliphatic heterocycles. The standard InChI is InChI=1S/C10H7I3N2/c11-8-9(12)15(10(13)14-8)6-7-4-2-1-3-5-7/h1-5H,6H2. The zero-order valence-corrected chi connectivity index (χ0v) is 14.1. The van der Waals surface area contributed by atoms with Gasteiger partial charge in [-0.2, -0.15) is 0 Å². The Morgan fingerprint density at radius 2 is 1.73 bits per heavy atom. The minimum absolute atomic E-state index is 0.896. The lowest BCUT2D eigenvalue weighted by molar-refractivity contribution is 0.753. The first-order valence-corrected chi connectivity index (χ1v) is 7.53. The summed E-state index contributed by atoms with van der Waals surface area (Å²) < 4.78 is 5.55. The second-order valence-corrected chi connectivity index (χ2v) is 6.04. The third kappa shape index (κ3) is 2.84. The average Bonchev–Trinajstić information content (AvgIpc) is 2.47. The van der Waals surface area contributed by atoms with Gasteiger partial charge in [0, 0.05) is 22.6 Å². The van der Waals surface area contributed by atoms with E-state index >= 15 is 0 Å². The van der Waals surface area contributed by atoms with Crippen molar-refractivity contribution in [1.82, 2.24) is 9.55 Å². The van der Waals surface area contributed by atoms with Gasteiger partial charge in [0.05, 0.1) is 6.54 Å². The molecule has 0 spiro atoms. The van der Waals surface area contributed by atoms with Crippen molar-refractivity contribution < 1.29 is 0 Å². The zero-order chi connectivity index (χ0) is 10.8. The first kappa shape index (κ1) is 12.1. The molecule has 0 bridgehead atoms. The van der Waals surface area contributed by atoms with Gasteiger partial charge in [-0.25, -0.2) is 4.98 Å². The van der Waals surface area contributed by atoms with E-state index in [1.807, 2.05) is 6.07 Å². The Bertz CT molecular complexity index is 465. The summed E-state index contributed by atoms with van der Waals surface area (Å²) in [5, 5.41) is 0. The van der Waals surface area contributed by atoms with Gasteiger partial charge in [0.25, 0.3) is 0 Å². The van der Waals surface area contributed by atoms with Gasteiger partial charge in [-0.15, -0.1) is 0 Å². The zero-order valence-electron chi connectivity index (χ0n) is 7.62. The number of hydrogen-bond acceptors (Lipinski definition) is 1. The summed E-state index contributed by atoms with van der Waals surface area (Å²) in [5.74, 6) is 0. The molecule has 78 valence electrons. The highest BCUT2D eigenvalue weighted by molar-refractivity contribution is 14.1. The first-order chi connectivity index (χ1) is 7.18. The van der Waals surface area contributed by atoms with Gasteiger partial charge in [0.15, 0.2) is 3.83 Å². The molecule has 15 heavy (non-hydrogen) atoms. The lowest BCUT2D eigenvalue weighted by Crippen LogP contribution is -2.04. The third-order valence-electron chi connectivity index (χ3n) is 2.00. The Kier molecular flexibility index (Phi) is 4.27. The van der Waals surface area contributed by atoms with Crippen LogP contribution in [0.1, 0.15) is 5.56 Å². The smallest absolute Gasteiger partial charge is 0.173 e. The number of nitrogens with zero attached hydrogens (tertiary/aromatic N) is 2. The molecule has 0 atom stereocenters. The molecular weight excluding hydrogens is 529 g/mol. The van der Waals surface area contributed by atoms with E-state index in [2.05, 4.69) is 102 Å². The molecule has 2 rings (SSSR count). The predicted octanol–water partition coefficient (Wildman–Crippen LogP) is 3.75. The molecule has 2 nitrogen and oxygen atoms in total. The van der Waals surface area contributed by atoms with Crippen LogP contribution in [0.3, 0.4) is 0 Å². The molecule has 0 N–H and O–H groups in total. The maximum Gasteiger partial charge on any atom is 0.173 e. The Morgan fingerprint density at radius 3 is 2.27 bits per heavy atom. The van der Waals surface area contributed by atoms with Crippen LogP contribution in [-0.2, 0) is 6.54 Å². The Hall–Kier alpha value is 0.620. The van der Waals surface area contributed by atoms with Crippen molar-refractivity contribution in [3.8, 4) is 0 Å². The summed E-state index contributed by atoms with van der Waals surface area (Å²) in [6, 6.07) is 10.4. The van der Waals surface area contributed by atoms with E-state index in [4.69, 9.17) is 0 Å². The second-order valence-electron chi connectivity index (χ2n) is 3.03. The van der Waals surface area contributed by atoms with Crippen LogP contribution in [0.5, 0.6) is 0 Å². The van der Waals surface area contributed by atoms with E-state index in [1.165, 1.54) is 9.26 Å². The number of benzene rings is 1. The van der Waals surface area contributed by atoms with E-state index < -0.39 is 0 Å². The van der Waals surface area contributed by atoms with Crippen LogP contribution in [0.15, 0.2) is 30.3 Å². The fraction of sp³-hybridized carbons (Fsp3) is 0.100. The number of imidazole rings is 1. The van der Waals surface area contributed by atoms with Crippen molar-refractivity contribution in [2.24, 2.45) is 0 Å². The van der Waals surface area contributed by atoms with Crippen molar-refractivity contribution in [2.75, 3.05) is 0 Å². The van der Waals surface area contributed by atoms with Crippen molar-refractivity contribution >= 4 is 67.8 Å². The largest absolute Gasteiger partial charge is 0.309 e. The maximum atomic E-state index is 4.44. The average molecular weight is 536 g/mol. The summed E-state index contributed by atoms with van der Waals surface area (Å²) in [6.45, 7) is 0.896. The topological polar surface area (TPSA) is 17.8 Å². The fourth-order valence-electron chi connectivity index (χ4n) is 1.28. The van der Waals surface area contributed by atoms with E-state index in [-0.39, 0.29) is 0 Å². The highest BCUT2D eigenvalue weighted by Gasteiger charge is 2.10. The summed E-state index contributed by atoms with van der Waals surface area (Å²) >= 11 is 6.89. The van der Waals surface area contributed by atoms with Crippen LogP contribution in [-0.4, -0.2) is 9.55 Å². The van der Waals surface area contributed by atoms with Gasteiger partial charge in [0.2, 0.25) is 0 Å². The third-order valence-corrected chi connectivity index (χ3v) is 5.70. The lowest BCUT2D eigenvalue weighted by Gasteiger charge is -2.05. The summed E-state index contributed by atoms with van der Waals surface area (Å²) in [4.78, 5) is 4.44. The van der Waals surface area contributed by atoms with Gasteiger partial charge >= 0.3 is 0 Å². The van der Waals surface area contributed by atoms with Gasteiger partial charge in [-0.05, 0) is 50.7 Å². The van der Waals surface area contributed by atoms with Gasteiger partial charge in [-0.1, -0.05) is 30.3 Å². The Labute approximate surface area is 129 Å². The highest BCUT2D eigenvalue weighted by Crippen LogP contribution is 2.19. The minimum Gasteiger partial charge on any atom is -0.309 e. The van der Waals surface area contributed by atoms with E-state index in [9.17, 15) is 0 Å². The van der Waals surface area contributed by atoms with Crippen molar-refractivity contribution in [2.45, 2.75) is 6.54 Å². The molecule has 0 aliphatic carbocycles. The lowest BCUT2D eigenvalue weighted by atomic mass is 10.2. The van der Waals surface area contributed by atoms with Gasteiger partial charge in [-0.3, -0.25) is 0 Å². The normalized spacial score (nSPS) is 10.6. The summed E-state index contributed by atoms with van der Waals surface area (Å²) in [7, 11) is 0. The van der Waals surface area contributed by atoms with Crippen molar-refractivity contribution in [1.29, 1.82) is 0 Å². The quantitative estimate of drug-likeness (QED) is 0.536. The Morgan fingerprint density at radius 1 is 1.07 bits per heavy atom. The first-order valence-electron chi connectivity index (χ1n) is 4.29. The monoisotopic (exact) mass is 536 g/mol. The molecular formula is C10H7I3N2. The number of rotatable bonds is 2. The molecule has 0 saturated heterocycles. The van der Waals surface area contributed by atoms with Crippen LogP contribution < -0.4 is 0 Å². The number of hydrogen-bond donors (Lipinski definition) is 0. The fourth-order valence-corrected chi connectivity index (χ4v) is 3.90. The molecule has 1 heterocycles. The molecule has 0 saturated carbocycles. The SMILES string of the molecule is Ic1nc(I)n(Cc2ccccc2)c1I. The molecule has 5 heteroatoms. The number of halogens is 3. The second kappa shape index (κ2) is 5.30. The minimum atomic E-state index is 0.896. The number of aromatic nitrogens is 2. The molecule has 0 radical (unpaired) electrons. The molecule has 1 aromatic carbocycles. The van der Waals surface area contributed by atoms with E-state index in [0.717, 1.165) is 14.1 Å². The van der Waals surface area contributed by atoms with Crippen molar-refractivity contribution in [3.63, 3.8) is 0 Å². The van der Waals surface area contributed by atoms with Crippen LogP contribution in [0.25, 0.3) is 0 Å². The van der Waals surface area contributed by atoms with Gasteiger partial charge in [0.1, 0.15) is 7.40 Å². The van der Waals surface area contributed by atoms with Crippen LogP contribution in [0, 0.1) is 11.2 Å². The molecule has 0 aliphatic rings. The highest BCUT2D eigenvalue weighted by atomic mass is 127. The Balaban J connectivity index is 2.32. The van der Waals surface area contributed by atoms with Gasteiger partial charge < -0.3 is 4.57 Å². The summed E-state index contributed by atoms with van der Waals surface area (Å²) in [6.07, 6.45) is 0. The summed E-state index contributed by atoms with van der Waals surface area (Å²) in [5.41, 5.74) is 1.31. The molecule has 1 aromatic heterocycles. The van der Waals surface area contributed by atoms with Crippen LogP contribution in [0.4, 0.5) is 0 Å². The molecule has 0 amide bonds. The maximum absolute atomic E-state index is 4.44. The molecule has 2 aromatic rings. The van der Waals surface area contributed by atoms with Crippen LogP contribution >= 0.6 is 67.8 Å². The molecule has 0 fully saturated rings. The molecule has 0 unspecified atom stereocenters. The van der Waals surface area contributed by atoms with E-state index in [1.54, 1.807) is 0 Å². The predicted molar refractivity (Wildman–Crippen MR) is 85.9 cm³/mol. The van der Waals surface area contributed by atoms with E-state index in [0.29, 0.717) is 0 Å². The van der Waals surface area contributed by atoms with Crippen molar-refractivity contribution in [3.05, 3.63) is 47.1 Å².